The molecule has 0 amide bonds. The Kier molecular flexibility index (Phi) is 4.38. The summed E-state index contributed by atoms with van der Waals surface area (Å²) in [5.74, 6) is -2.61. The van der Waals surface area contributed by atoms with Gasteiger partial charge in [0.15, 0.2) is 11.9 Å². The molecule has 6 nitrogen and oxygen atoms in total. The Hall–Kier alpha value is -2.51. The Bertz CT molecular complexity index is 567. The Balaban J connectivity index is 3.57. The Morgan fingerprint density at radius 3 is 2.50 bits per heavy atom. The number of nitrogens with zero attached hydrogens (tertiary/aromatic N) is 3. The van der Waals surface area contributed by atoms with Gasteiger partial charge in [0.2, 0.25) is 0 Å². The lowest BCUT2D eigenvalue weighted by Crippen LogP contribution is -2.20. The van der Waals surface area contributed by atoms with Crippen LogP contribution in [0.2, 0.25) is 0 Å². The second kappa shape index (κ2) is 5.64. The van der Waals surface area contributed by atoms with Crippen molar-refractivity contribution >= 4 is 5.82 Å². The number of alkyl halides is 5. The Morgan fingerprint density at radius 1 is 1.50 bits per heavy atom. The highest BCUT2D eigenvalue weighted by atomic mass is 19.4. The minimum absolute atomic E-state index is 0.213. The fraction of sp³-hybridized carbons (Fsp3) is 0.333. The summed E-state index contributed by atoms with van der Waals surface area (Å²) < 4.78 is 65.2. The van der Waals surface area contributed by atoms with E-state index in [-0.39, 0.29) is 6.20 Å². The number of nitriles is 1. The number of hydrogen-bond donors (Lipinski definition) is 0. The zero-order chi connectivity index (χ0) is 15.5. The van der Waals surface area contributed by atoms with Crippen LogP contribution in [0.25, 0.3) is 0 Å². The van der Waals surface area contributed by atoms with E-state index in [0.29, 0.717) is 0 Å². The molecule has 0 atom stereocenters. The average Bonchev–Trinajstić information content (AvgIpc) is 2.28. The van der Waals surface area contributed by atoms with Gasteiger partial charge >= 0.3 is 12.2 Å². The summed E-state index contributed by atoms with van der Waals surface area (Å²) in [6.45, 7) is 0. The molecule has 20 heavy (non-hydrogen) atoms. The first-order chi connectivity index (χ1) is 9.17. The van der Waals surface area contributed by atoms with Crippen molar-refractivity contribution in [2.45, 2.75) is 19.2 Å². The van der Waals surface area contributed by atoms with Gasteiger partial charge in [-0.05, 0) is 9.91 Å². The van der Waals surface area contributed by atoms with Crippen LogP contribution in [-0.2, 0) is 6.42 Å². The first-order valence-corrected chi connectivity index (χ1v) is 4.74. The predicted molar refractivity (Wildman–Crippen MR) is 51.8 cm³/mol. The molecule has 0 aliphatic carbocycles. The van der Waals surface area contributed by atoms with Crippen molar-refractivity contribution in [3.05, 3.63) is 27.4 Å². The Labute approximate surface area is 107 Å². The second-order valence-electron chi connectivity index (χ2n) is 3.29. The summed E-state index contributed by atoms with van der Waals surface area (Å²) in [6, 6.07) is 1.33. The maximum absolute atomic E-state index is 12.6. The number of hydrogen-bond acceptors (Lipinski definition) is 5. The molecule has 1 heterocycles. The van der Waals surface area contributed by atoms with Crippen LogP contribution in [0.15, 0.2) is 6.20 Å². The van der Waals surface area contributed by atoms with Crippen LogP contribution in [0.1, 0.15) is 17.6 Å². The zero-order valence-electron chi connectivity index (χ0n) is 9.32. The van der Waals surface area contributed by atoms with Crippen molar-refractivity contribution in [1.82, 2.24) is 4.98 Å². The lowest BCUT2D eigenvalue weighted by Gasteiger charge is -2.14. The second-order valence-corrected chi connectivity index (χ2v) is 3.29. The third-order valence-corrected chi connectivity index (χ3v) is 2.01. The molecule has 0 radical (unpaired) electrons. The van der Waals surface area contributed by atoms with Crippen molar-refractivity contribution in [1.29, 1.82) is 5.26 Å². The number of pyridine rings is 1. The van der Waals surface area contributed by atoms with Crippen LogP contribution >= 0.6 is 0 Å². The largest absolute Gasteiger partial charge is 0.573 e. The van der Waals surface area contributed by atoms with E-state index < -0.39 is 46.8 Å². The zero-order valence-corrected chi connectivity index (χ0v) is 9.32. The molecule has 0 aromatic carbocycles. The van der Waals surface area contributed by atoms with E-state index in [0.717, 1.165) is 0 Å². The number of rotatable bonds is 4. The van der Waals surface area contributed by atoms with Crippen molar-refractivity contribution in [3.63, 3.8) is 0 Å². The van der Waals surface area contributed by atoms with E-state index in [4.69, 9.17) is 5.26 Å². The quantitative estimate of drug-likeness (QED) is 0.484. The van der Waals surface area contributed by atoms with Crippen LogP contribution in [0.4, 0.5) is 27.8 Å². The monoisotopic (exact) mass is 297 g/mol. The van der Waals surface area contributed by atoms with Crippen LogP contribution in [0, 0.1) is 21.4 Å². The van der Waals surface area contributed by atoms with Gasteiger partial charge in [-0.15, -0.1) is 13.2 Å². The summed E-state index contributed by atoms with van der Waals surface area (Å²) in [4.78, 5) is 12.4. The average molecular weight is 297 g/mol. The highest BCUT2D eigenvalue weighted by molar-refractivity contribution is 5.50. The van der Waals surface area contributed by atoms with E-state index in [1.54, 1.807) is 0 Å². The molecule has 0 N–H and O–H groups in total. The summed E-state index contributed by atoms with van der Waals surface area (Å²) in [5.41, 5.74) is -2.23. The van der Waals surface area contributed by atoms with Gasteiger partial charge in [-0.25, -0.2) is 8.78 Å². The molecule has 108 valence electrons. The summed E-state index contributed by atoms with van der Waals surface area (Å²) in [7, 11) is 0. The molecule has 0 unspecified atom stereocenters. The molecule has 0 spiro atoms. The topological polar surface area (TPSA) is 89.0 Å². The van der Waals surface area contributed by atoms with Crippen molar-refractivity contribution in [2.24, 2.45) is 0 Å². The van der Waals surface area contributed by atoms with E-state index in [2.05, 4.69) is 9.72 Å². The molecule has 0 aliphatic heterocycles. The van der Waals surface area contributed by atoms with Gasteiger partial charge in [-0.3, -0.25) is 0 Å². The van der Waals surface area contributed by atoms with Crippen LogP contribution in [-0.4, -0.2) is 16.3 Å². The third-order valence-electron chi connectivity index (χ3n) is 2.01. The first-order valence-electron chi connectivity index (χ1n) is 4.74. The Morgan fingerprint density at radius 2 is 2.10 bits per heavy atom. The number of halogens is 5. The third kappa shape index (κ3) is 3.50. The van der Waals surface area contributed by atoms with Crippen molar-refractivity contribution in [2.75, 3.05) is 0 Å². The minimum atomic E-state index is -5.34. The van der Waals surface area contributed by atoms with E-state index in [1.165, 1.54) is 6.07 Å². The van der Waals surface area contributed by atoms with E-state index >= 15 is 0 Å². The van der Waals surface area contributed by atoms with Crippen molar-refractivity contribution < 1.29 is 31.6 Å². The molecule has 1 aromatic heterocycles. The van der Waals surface area contributed by atoms with Gasteiger partial charge in [-0.1, -0.05) is 0 Å². The summed E-state index contributed by atoms with van der Waals surface area (Å²) in [5, 5.41) is 19.1. The van der Waals surface area contributed by atoms with E-state index in [9.17, 15) is 32.1 Å². The normalized spacial score (nSPS) is 11.2. The van der Waals surface area contributed by atoms with Gasteiger partial charge < -0.3 is 14.9 Å². The van der Waals surface area contributed by atoms with Crippen LogP contribution in [0.5, 0.6) is 5.75 Å². The van der Waals surface area contributed by atoms with E-state index in [1.807, 2.05) is 0 Å². The molecule has 0 saturated heterocycles. The molecule has 1 aromatic rings. The number of aromatic nitrogens is 1. The molecule has 0 aliphatic rings. The lowest BCUT2D eigenvalue weighted by atomic mass is 10.1. The maximum atomic E-state index is 12.6. The molecule has 11 heteroatoms. The number of ether oxygens (including phenoxy) is 1. The standard InChI is InChI=1S/C9H4F5N3O3/c10-7(11)5-3-16-8(17(18)19)4(1-2-15)6(5)20-9(12,13)14/h3,7H,1H2. The molecule has 1 rings (SSSR count). The smallest absolute Gasteiger partial charge is 0.404 e. The maximum Gasteiger partial charge on any atom is 0.573 e. The molecular weight excluding hydrogens is 293 g/mol. The molecule has 0 fully saturated rings. The fourth-order valence-corrected chi connectivity index (χ4v) is 1.33. The lowest BCUT2D eigenvalue weighted by molar-refractivity contribution is -0.390. The molecule has 0 bridgehead atoms. The van der Waals surface area contributed by atoms with Crippen LogP contribution < -0.4 is 4.74 Å². The highest BCUT2D eigenvalue weighted by Crippen LogP contribution is 2.38. The fourth-order valence-electron chi connectivity index (χ4n) is 1.33. The van der Waals surface area contributed by atoms with Gasteiger partial charge in [0.05, 0.1) is 12.5 Å². The first kappa shape index (κ1) is 15.5. The molecule has 0 saturated carbocycles. The van der Waals surface area contributed by atoms with Gasteiger partial charge in [-0.2, -0.15) is 5.26 Å². The molecular formula is C9H4F5N3O3. The summed E-state index contributed by atoms with van der Waals surface area (Å²) in [6.07, 6.45) is -9.47. The van der Waals surface area contributed by atoms with Crippen LogP contribution in [0.3, 0.4) is 0 Å². The highest BCUT2D eigenvalue weighted by Gasteiger charge is 2.37. The number of nitro groups is 1. The van der Waals surface area contributed by atoms with Gasteiger partial charge in [0, 0.05) is 0 Å². The summed E-state index contributed by atoms with van der Waals surface area (Å²) >= 11 is 0. The van der Waals surface area contributed by atoms with Crippen molar-refractivity contribution in [3.8, 4) is 11.8 Å². The van der Waals surface area contributed by atoms with Gasteiger partial charge in [0.25, 0.3) is 6.43 Å². The predicted octanol–water partition coefficient (Wildman–Crippen LogP) is 2.89. The van der Waals surface area contributed by atoms with Gasteiger partial charge in [0.1, 0.15) is 11.1 Å². The minimum Gasteiger partial charge on any atom is -0.404 e. The SMILES string of the molecule is N#CCc1c([N+](=O)[O-])ncc(C(F)F)c1OC(F)(F)F.